The quantitative estimate of drug-likeness (QED) is 0.308. The molecule has 170 valence electrons. The number of hydrogen-bond donors (Lipinski definition) is 5. The smallest absolute Gasteiger partial charge is 0.328 e. The van der Waals surface area contributed by atoms with Gasteiger partial charge in [-0.2, -0.15) is 0 Å². The first-order chi connectivity index (χ1) is 15.4. The Labute approximate surface area is 185 Å². The minimum Gasteiger partial charge on any atom is -0.508 e. The maximum absolute atomic E-state index is 12.7. The maximum Gasteiger partial charge on any atom is 0.328 e. The minimum absolute atomic E-state index is 0.0411. The zero-order valence-corrected chi connectivity index (χ0v) is 17.9. The lowest BCUT2D eigenvalue weighted by molar-refractivity contribution is -0.147. The second-order valence-electron chi connectivity index (χ2n) is 7.71. The van der Waals surface area contributed by atoms with Crippen molar-refractivity contribution in [1.29, 1.82) is 0 Å². The van der Waals surface area contributed by atoms with Crippen LogP contribution in [0.15, 0.2) is 48.7 Å². The van der Waals surface area contributed by atoms with Gasteiger partial charge in [0.1, 0.15) is 17.5 Å². The van der Waals surface area contributed by atoms with Crippen LogP contribution in [0.1, 0.15) is 24.5 Å². The number of rotatable bonds is 10. The predicted octanol–water partition coefficient (Wildman–Crippen LogP) is 2.41. The summed E-state index contributed by atoms with van der Waals surface area (Å²) in [6.45, 7) is 1.62. The van der Waals surface area contributed by atoms with E-state index in [1.807, 2.05) is 30.5 Å². The molecule has 0 aliphatic heterocycles. The molecule has 0 radical (unpaired) electrons. The predicted molar refractivity (Wildman–Crippen MR) is 119 cm³/mol. The Morgan fingerprint density at radius 1 is 1.09 bits per heavy atom. The molecule has 8 heteroatoms. The van der Waals surface area contributed by atoms with Crippen molar-refractivity contribution in [3.8, 4) is 11.5 Å². The van der Waals surface area contributed by atoms with Crippen LogP contribution in [-0.2, 0) is 27.2 Å². The third-order valence-corrected chi connectivity index (χ3v) is 5.32. The van der Waals surface area contributed by atoms with E-state index in [-0.39, 0.29) is 44.0 Å². The zero-order valence-electron chi connectivity index (χ0n) is 17.9. The molecule has 8 nitrogen and oxygen atoms in total. The van der Waals surface area contributed by atoms with Crippen LogP contribution in [0, 0.1) is 5.92 Å². The average molecular weight is 440 g/mol. The van der Waals surface area contributed by atoms with Crippen molar-refractivity contribution in [2.75, 3.05) is 13.2 Å². The van der Waals surface area contributed by atoms with E-state index in [1.165, 1.54) is 12.1 Å². The highest BCUT2D eigenvalue weighted by Crippen LogP contribution is 2.26. The molecule has 1 heterocycles. The molecule has 0 saturated carbocycles. The molecule has 0 spiro atoms. The van der Waals surface area contributed by atoms with Gasteiger partial charge in [0.05, 0.1) is 6.61 Å². The van der Waals surface area contributed by atoms with E-state index >= 15 is 0 Å². The Hall–Kier alpha value is -3.52. The number of ether oxygens (including phenoxy) is 1. The Kier molecular flexibility index (Phi) is 7.72. The van der Waals surface area contributed by atoms with E-state index in [0.29, 0.717) is 5.56 Å². The molecule has 2 aromatic carbocycles. The number of carbonyl (C=O) groups excluding carboxylic acids is 2. The monoisotopic (exact) mass is 440 g/mol. The summed E-state index contributed by atoms with van der Waals surface area (Å²) in [6.07, 6.45) is 2.27. The van der Waals surface area contributed by atoms with Crippen LogP contribution in [-0.4, -0.2) is 51.4 Å². The topological polar surface area (TPSA) is 132 Å². The van der Waals surface area contributed by atoms with Crippen molar-refractivity contribution in [2.24, 2.45) is 5.92 Å². The molecule has 2 unspecified atom stereocenters. The molecule has 2 atom stereocenters. The number of benzene rings is 2. The largest absolute Gasteiger partial charge is 0.508 e. The van der Waals surface area contributed by atoms with Crippen molar-refractivity contribution in [3.05, 3.63) is 59.8 Å². The number of H-pyrrole nitrogens is 1. The number of aromatic hydroxyl groups is 2. The third-order valence-electron chi connectivity index (χ3n) is 5.32. The minimum atomic E-state index is -0.872. The number of aromatic amines is 1. The number of fused-ring (bicyclic) bond motifs is 1. The second kappa shape index (κ2) is 10.7. The lowest BCUT2D eigenvalue weighted by Gasteiger charge is -2.20. The van der Waals surface area contributed by atoms with Crippen LogP contribution >= 0.6 is 0 Å². The Morgan fingerprint density at radius 2 is 1.88 bits per heavy atom. The van der Waals surface area contributed by atoms with Crippen molar-refractivity contribution in [3.63, 3.8) is 0 Å². The van der Waals surface area contributed by atoms with Crippen molar-refractivity contribution in [1.82, 2.24) is 10.3 Å². The molecule has 3 aromatic rings. The number of aliphatic hydroxyl groups excluding tert-OH is 1. The number of amides is 1. The maximum atomic E-state index is 12.7. The first-order valence-corrected chi connectivity index (χ1v) is 10.5. The summed E-state index contributed by atoms with van der Waals surface area (Å²) in [4.78, 5) is 28.4. The summed E-state index contributed by atoms with van der Waals surface area (Å²) in [5, 5.41) is 32.8. The van der Waals surface area contributed by atoms with Crippen LogP contribution < -0.4 is 5.32 Å². The van der Waals surface area contributed by atoms with E-state index in [4.69, 9.17) is 4.74 Å². The standard InChI is InChI=1S/C24H28N2O6/c1-2-32-24(31)21(11-17-13-25-20-6-4-3-5-19(17)20)26-23(30)10-15(14-27)9-16-7-8-18(28)12-22(16)29/h3-8,12-13,15,21,25,27-29H,2,9-11,14H2,1H3,(H,26,30). The number of phenolic OH excluding ortho intramolecular Hbond substituents is 2. The van der Waals surface area contributed by atoms with Crippen molar-refractivity contribution >= 4 is 22.8 Å². The number of para-hydroxylation sites is 1. The number of phenols is 2. The molecule has 3 rings (SSSR count). The Bertz CT molecular complexity index is 1080. The number of esters is 1. The van der Waals surface area contributed by atoms with Gasteiger partial charge in [-0.3, -0.25) is 4.79 Å². The van der Waals surface area contributed by atoms with E-state index < -0.39 is 23.8 Å². The van der Waals surface area contributed by atoms with Gasteiger partial charge in [0.15, 0.2) is 0 Å². The summed E-state index contributed by atoms with van der Waals surface area (Å²) in [6, 6.07) is 11.0. The van der Waals surface area contributed by atoms with Crippen LogP contribution in [0.2, 0.25) is 0 Å². The van der Waals surface area contributed by atoms with Gasteiger partial charge in [-0.25, -0.2) is 4.79 Å². The van der Waals surface area contributed by atoms with Gasteiger partial charge in [-0.1, -0.05) is 24.3 Å². The van der Waals surface area contributed by atoms with E-state index in [0.717, 1.165) is 16.5 Å². The second-order valence-corrected chi connectivity index (χ2v) is 7.71. The molecule has 0 aliphatic rings. The molecule has 1 amide bonds. The highest BCUT2D eigenvalue weighted by atomic mass is 16.5. The first-order valence-electron chi connectivity index (χ1n) is 10.5. The van der Waals surface area contributed by atoms with Gasteiger partial charge in [0.25, 0.3) is 0 Å². The van der Waals surface area contributed by atoms with Crippen molar-refractivity contribution in [2.45, 2.75) is 32.2 Å². The molecule has 5 N–H and O–H groups in total. The number of nitrogens with one attached hydrogen (secondary N) is 2. The molecular formula is C24H28N2O6. The lowest BCUT2D eigenvalue weighted by Crippen LogP contribution is -2.44. The summed E-state index contributed by atoms with van der Waals surface area (Å²) in [5.74, 6) is -1.57. The molecule has 0 saturated heterocycles. The molecule has 1 aromatic heterocycles. The summed E-state index contributed by atoms with van der Waals surface area (Å²) in [5.41, 5.74) is 2.33. The van der Waals surface area contributed by atoms with Gasteiger partial charge in [0, 0.05) is 42.6 Å². The van der Waals surface area contributed by atoms with E-state index in [9.17, 15) is 24.9 Å². The molecule has 32 heavy (non-hydrogen) atoms. The fourth-order valence-corrected chi connectivity index (χ4v) is 3.71. The van der Waals surface area contributed by atoms with Crippen LogP contribution in [0.3, 0.4) is 0 Å². The fraction of sp³-hybridized carbons (Fsp3) is 0.333. The van der Waals surface area contributed by atoms with Gasteiger partial charge in [-0.15, -0.1) is 0 Å². The third kappa shape index (κ3) is 5.79. The first kappa shape index (κ1) is 23.1. The van der Waals surface area contributed by atoms with Crippen LogP contribution in [0.25, 0.3) is 10.9 Å². The van der Waals surface area contributed by atoms with Gasteiger partial charge >= 0.3 is 5.97 Å². The van der Waals surface area contributed by atoms with Crippen LogP contribution in [0.5, 0.6) is 11.5 Å². The highest BCUT2D eigenvalue weighted by Gasteiger charge is 2.25. The molecule has 0 fully saturated rings. The summed E-state index contributed by atoms with van der Waals surface area (Å²) in [7, 11) is 0. The fourth-order valence-electron chi connectivity index (χ4n) is 3.71. The molecule has 0 aliphatic carbocycles. The van der Waals surface area contributed by atoms with Crippen molar-refractivity contribution < 1.29 is 29.6 Å². The normalized spacial score (nSPS) is 12.9. The SMILES string of the molecule is CCOC(=O)C(Cc1c[nH]c2ccccc12)NC(=O)CC(CO)Cc1ccc(O)cc1O. The number of carbonyl (C=O) groups is 2. The lowest BCUT2D eigenvalue weighted by atomic mass is 9.95. The molecular weight excluding hydrogens is 412 g/mol. The van der Waals surface area contributed by atoms with Gasteiger partial charge in [0.2, 0.25) is 5.91 Å². The number of aromatic nitrogens is 1. The summed E-state index contributed by atoms with van der Waals surface area (Å²) >= 11 is 0. The zero-order chi connectivity index (χ0) is 23.1. The average Bonchev–Trinajstić information content (AvgIpc) is 3.17. The number of hydrogen-bond acceptors (Lipinski definition) is 6. The van der Waals surface area contributed by atoms with Crippen LogP contribution in [0.4, 0.5) is 0 Å². The van der Waals surface area contributed by atoms with E-state index in [1.54, 1.807) is 13.0 Å². The van der Waals surface area contributed by atoms with Gasteiger partial charge in [-0.05, 0) is 42.5 Å². The highest BCUT2D eigenvalue weighted by molar-refractivity contribution is 5.87. The Morgan fingerprint density at radius 3 is 2.59 bits per heavy atom. The molecule has 0 bridgehead atoms. The Balaban J connectivity index is 1.69. The van der Waals surface area contributed by atoms with Gasteiger partial charge < -0.3 is 30.4 Å². The van der Waals surface area contributed by atoms with E-state index in [2.05, 4.69) is 10.3 Å². The number of aliphatic hydroxyl groups is 1. The summed E-state index contributed by atoms with van der Waals surface area (Å²) < 4.78 is 5.15.